The van der Waals surface area contributed by atoms with Gasteiger partial charge in [0.05, 0.1) is 0 Å². The molecule has 0 radical (unpaired) electrons. The van der Waals surface area contributed by atoms with Crippen molar-refractivity contribution in [1.82, 2.24) is 0 Å². The zero-order valence-electron chi connectivity index (χ0n) is 5.12. The summed E-state index contributed by atoms with van der Waals surface area (Å²) in [5, 5.41) is 25.0. The summed E-state index contributed by atoms with van der Waals surface area (Å²) in [5.74, 6) is 0. The van der Waals surface area contributed by atoms with E-state index in [0.717, 1.165) is 0 Å². The molecular weight excluding hydrogens is 214 g/mol. The molecule has 0 aliphatic carbocycles. The first-order valence-corrected chi connectivity index (χ1v) is 0.894. The molecule has 46 valence electrons. The van der Waals surface area contributed by atoms with Crippen molar-refractivity contribution in [2.45, 2.75) is 0 Å². The molecule has 0 rings (SSSR count). The Labute approximate surface area is 85.6 Å². The molecule has 0 fully saturated rings. The fourth-order valence-corrected chi connectivity index (χ4v) is 0. The van der Waals surface area contributed by atoms with E-state index in [4.69, 9.17) is 47.3 Å². The van der Waals surface area contributed by atoms with Crippen molar-refractivity contribution in [2.24, 2.45) is 0 Å². The Kier molecular flexibility index (Phi) is 3820. The summed E-state index contributed by atoms with van der Waals surface area (Å²) < 4.78 is 0. The van der Waals surface area contributed by atoms with Gasteiger partial charge in [0, 0.05) is 0 Å². The number of rotatable bonds is 0. The van der Waals surface area contributed by atoms with E-state index in [2.05, 4.69) is 0 Å². The van der Waals surface area contributed by atoms with Gasteiger partial charge in [-0.05, 0) is 0 Å². The van der Waals surface area contributed by atoms with Gasteiger partial charge >= 0.3 is 38.3 Å². The molecular formula is C4LiN4Rh. The molecule has 0 bridgehead atoms. The normalized spacial score (nSPS) is 0.800. The largest absolute Gasteiger partial charge is 3.00 e. The van der Waals surface area contributed by atoms with Crippen molar-refractivity contribution < 1.29 is 38.3 Å². The van der Waals surface area contributed by atoms with E-state index in [-0.39, 0.29) is 38.3 Å². The van der Waals surface area contributed by atoms with Gasteiger partial charge in [-0.3, -0.25) is 0 Å². The Morgan fingerprint density at radius 2 is 0.500 bits per heavy atom. The second-order valence-corrected chi connectivity index (χ2v) is 0. The summed E-state index contributed by atoms with van der Waals surface area (Å²) in [4.78, 5) is 0. The molecule has 0 unspecified atom stereocenters. The molecule has 0 aliphatic heterocycles. The van der Waals surface area contributed by atoms with Crippen LogP contribution >= 0.6 is 0 Å². The van der Waals surface area contributed by atoms with Gasteiger partial charge < -0.3 is 47.3 Å². The minimum Gasteiger partial charge on any atom is -0.512 e. The monoisotopic (exact) mass is 214 g/mol. The number of hydrogen-bond donors (Lipinski definition) is 0. The minimum absolute atomic E-state index is 0. The first-order chi connectivity index (χ1) is 4.00. The van der Waals surface area contributed by atoms with E-state index in [9.17, 15) is 0 Å². The van der Waals surface area contributed by atoms with E-state index in [1.165, 1.54) is 0 Å². The fourth-order valence-electron chi connectivity index (χ4n) is 0. The van der Waals surface area contributed by atoms with E-state index in [1.807, 2.05) is 0 Å². The molecule has 0 amide bonds. The van der Waals surface area contributed by atoms with E-state index in [1.54, 1.807) is 0 Å². The van der Waals surface area contributed by atoms with Crippen LogP contribution in [0.1, 0.15) is 0 Å². The molecule has 6 heteroatoms. The number of nitrogens with zero attached hydrogens (tertiary/aromatic N) is 4. The van der Waals surface area contributed by atoms with Crippen molar-refractivity contribution in [3.05, 3.63) is 26.3 Å². The van der Waals surface area contributed by atoms with Crippen molar-refractivity contribution in [2.75, 3.05) is 0 Å². The Morgan fingerprint density at radius 1 is 0.500 bits per heavy atom. The molecule has 0 atom stereocenters. The second kappa shape index (κ2) is 629. The van der Waals surface area contributed by atoms with Gasteiger partial charge in [0.1, 0.15) is 0 Å². The Bertz CT molecular complexity index is 60.2. The molecule has 0 aromatic heterocycles. The third-order valence-electron chi connectivity index (χ3n) is 0. The zero-order chi connectivity index (χ0) is 8.00. The predicted octanol–water partition coefficient (Wildman–Crippen LogP) is -2.61. The standard InChI is InChI=1S/4CN.Li.Rh/c4*1-2;;/q4*-1;+1;+3. The quantitative estimate of drug-likeness (QED) is 0.326. The topological polar surface area (TPSA) is 95.2 Å². The van der Waals surface area contributed by atoms with Crippen LogP contribution in [0.3, 0.4) is 0 Å². The van der Waals surface area contributed by atoms with Gasteiger partial charge in [-0.1, -0.05) is 0 Å². The molecule has 0 aromatic rings. The van der Waals surface area contributed by atoms with Crippen LogP contribution in [0.25, 0.3) is 0 Å². The van der Waals surface area contributed by atoms with Crippen LogP contribution in [-0.4, -0.2) is 0 Å². The van der Waals surface area contributed by atoms with Crippen molar-refractivity contribution >= 4 is 0 Å². The van der Waals surface area contributed by atoms with Crippen LogP contribution < -0.4 is 18.9 Å². The van der Waals surface area contributed by atoms with Crippen molar-refractivity contribution in [1.29, 1.82) is 21.0 Å². The maximum atomic E-state index is 6.25. The second-order valence-electron chi connectivity index (χ2n) is 0. The fraction of sp³-hybridized carbons (Fsp3) is 0. The summed E-state index contributed by atoms with van der Waals surface area (Å²) in [6.45, 7) is 19.0. The smallest absolute Gasteiger partial charge is 0.512 e. The predicted molar refractivity (Wildman–Crippen MR) is 19.9 cm³/mol. The molecule has 0 saturated heterocycles. The molecule has 0 heterocycles. The Hall–Kier alpha value is -0.819. The van der Waals surface area contributed by atoms with Crippen LogP contribution in [-0.2, 0) is 19.5 Å². The summed E-state index contributed by atoms with van der Waals surface area (Å²) in [7, 11) is 0. The average molecular weight is 214 g/mol. The van der Waals surface area contributed by atoms with E-state index < -0.39 is 0 Å². The SMILES string of the molecule is [C-]#N.[C-]#N.[C-]#N.[C-]#N.[Li+].[Rh+3]. The Balaban J connectivity index is -0.00000000500. The van der Waals surface area contributed by atoms with Gasteiger partial charge in [-0.15, -0.1) is 0 Å². The molecule has 10 heavy (non-hydrogen) atoms. The van der Waals surface area contributed by atoms with Crippen LogP contribution in [0.2, 0.25) is 0 Å². The van der Waals surface area contributed by atoms with Gasteiger partial charge in [0.15, 0.2) is 0 Å². The molecule has 0 aromatic carbocycles. The summed E-state index contributed by atoms with van der Waals surface area (Å²) in [5.41, 5.74) is 0. The first kappa shape index (κ1) is 60.7. The maximum Gasteiger partial charge on any atom is 3.00 e. The van der Waals surface area contributed by atoms with Gasteiger partial charge in [-0.2, -0.15) is 0 Å². The van der Waals surface area contributed by atoms with Gasteiger partial charge in [-0.25, -0.2) is 0 Å². The third-order valence-corrected chi connectivity index (χ3v) is 0. The minimum atomic E-state index is 0. The zero-order valence-corrected chi connectivity index (χ0v) is 6.76. The van der Waals surface area contributed by atoms with Crippen molar-refractivity contribution in [3.8, 4) is 0 Å². The van der Waals surface area contributed by atoms with Gasteiger partial charge in [0.2, 0.25) is 0 Å². The molecule has 0 aliphatic rings. The molecule has 4 nitrogen and oxygen atoms in total. The van der Waals surface area contributed by atoms with Crippen LogP contribution in [0.4, 0.5) is 0 Å². The molecule has 0 N–H and O–H groups in total. The summed E-state index contributed by atoms with van der Waals surface area (Å²) in [6.07, 6.45) is 0. The summed E-state index contributed by atoms with van der Waals surface area (Å²) in [6, 6.07) is 0. The summed E-state index contributed by atoms with van der Waals surface area (Å²) >= 11 is 0. The number of hydrogen-bond acceptors (Lipinski definition) is 4. The third kappa shape index (κ3) is 409. The first-order valence-electron chi connectivity index (χ1n) is 0.894. The molecule has 0 saturated carbocycles. The Morgan fingerprint density at radius 3 is 0.500 bits per heavy atom. The van der Waals surface area contributed by atoms with Crippen LogP contribution in [0, 0.1) is 47.3 Å². The van der Waals surface area contributed by atoms with E-state index in [0.29, 0.717) is 0 Å². The van der Waals surface area contributed by atoms with Gasteiger partial charge in [0.25, 0.3) is 0 Å². The van der Waals surface area contributed by atoms with E-state index >= 15 is 0 Å². The van der Waals surface area contributed by atoms with Crippen molar-refractivity contribution in [3.63, 3.8) is 0 Å². The molecule has 0 spiro atoms. The van der Waals surface area contributed by atoms with Crippen LogP contribution in [0.15, 0.2) is 0 Å². The maximum absolute atomic E-state index is 6.25. The van der Waals surface area contributed by atoms with Crippen LogP contribution in [0.5, 0.6) is 0 Å². The average Bonchev–Trinajstić information content (AvgIpc) is 2.03.